The van der Waals surface area contributed by atoms with Gasteiger partial charge in [0.1, 0.15) is 11.3 Å². The Labute approximate surface area is 178 Å². The van der Waals surface area contributed by atoms with E-state index in [1.54, 1.807) is 22.4 Å². The highest BCUT2D eigenvalue weighted by molar-refractivity contribution is 6.04. The molecule has 1 saturated heterocycles. The molecule has 0 bridgehead atoms. The zero-order valence-corrected chi connectivity index (χ0v) is 17.2. The van der Waals surface area contributed by atoms with Crippen molar-refractivity contribution in [3.8, 4) is 0 Å². The topological polar surface area (TPSA) is 100 Å². The molecule has 0 radical (unpaired) electrons. The molecule has 2 aliphatic rings. The third-order valence-corrected chi connectivity index (χ3v) is 5.68. The summed E-state index contributed by atoms with van der Waals surface area (Å²) in [6, 6.07) is 11.4. The Balaban J connectivity index is 1.33. The van der Waals surface area contributed by atoms with Gasteiger partial charge in [-0.2, -0.15) is 0 Å². The number of nitrogens with one attached hydrogen (secondary N) is 2. The molecule has 9 heteroatoms. The summed E-state index contributed by atoms with van der Waals surface area (Å²) < 4.78 is 1.75. The number of hydrogen-bond donors (Lipinski definition) is 2. The van der Waals surface area contributed by atoms with E-state index in [0.29, 0.717) is 36.0 Å². The standard InChI is InChI=1S/C22H22N6O3/c1-13-6-7-15(20-25-22(31-26-20)16-11-27(12-16)14(2)29)9-17(13)24-21(30)18-10-23-19-5-3-4-8-28(18)19/h3-10,16,20,26H,11-12H2,1-2H3,(H,24,30). The Bertz CT molecular complexity index is 1210. The molecular formula is C22H22N6O3. The number of aromatic nitrogens is 2. The van der Waals surface area contributed by atoms with Crippen LogP contribution < -0.4 is 10.8 Å². The molecule has 1 fully saturated rings. The first-order valence-corrected chi connectivity index (χ1v) is 10.1. The van der Waals surface area contributed by atoms with Gasteiger partial charge in [-0.1, -0.05) is 18.2 Å². The van der Waals surface area contributed by atoms with Crippen molar-refractivity contribution in [3.05, 3.63) is 65.6 Å². The molecule has 3 aromatic rings. The summed E-state index contributed by atoms with van der Waals surface area (Å²) in [4.78, 5) is 40.5. The van der Waals surface area contributed by atoms with Crippen molar-refractivity contribution in [1.82, 2.24) is 19.8 Å². The summed E-state index contributed by atoms with van der Waals surface area (Å²) in [5.74, 6) is 0.544. The van der Waals surface area contributed by atoms with E-state index in [1.165, 1.54) is 0 Å². The van der Waals surface area contributed by atoms with Crippen LogP contribution in [0.5, 0.6) is 0 Å². The van der Waals surface area contributed by atoms with E-state index >= 15 is 0 Å². The van der Waals surface area contributed by atoms with Crippen LogP contribution >= 0.6 is 0 Å². The van der Waals surface area contributed by atoms with Gasteiger partial charge in [-0.15, -0.1) is 5.48 Å². The number of carbonyl (C=O) groups excluding carboxylic acids is 2. The summed E-state index contributed by atoms with van der Waals surface area (Å²) >= 11 is 0. The number of aryl methyl sites for hydroxylation is 1. The molecular weight excluding hydrogens is 396 g/mol. The number of pyridine rings is 1. The monoisotopic (exact) mass is 418 g/mol. The van der Waals surface area contributed by atoms with Crippen molar-refractivity contribution in [1.29, 1.82) is 0 Å². The molecule has 2 amide bonds. The Hall–Kier alpha value is -3.72. The molecule has 9 nitrogen and oxygen atoms in total. The molecule has 2 aromatic heterocycles. The number of imidazole rings is 1. The molecule has 2 N–H and O–H groups in total. The first-order chi connectivity index (χ1) is 15.0. The van der Waals surface area contributed by atoms with Crippen molar-refractivity contribution in [2.45, 2.75) is 20.0 Å². The Morgan fingerprint density at radius 3 is 2.87 bits per heavy atom. The molecule has 158 valence electrons. The maximum absolute atomic E-state index is 12.9. The highest BCUT2D eigenvalue weighted by Gasteiger charge is 2.37. The van der Waals surface area contributed by atoms with Crippen LogP contribution in [0.3, 0.4) is 0 Å². The normalized spacial score (nSPS) is 18.5. The van der Waals surface area contributed by atoms with Gasteiger partial charge in [-0.3, -0.25) is 14.0 Å². The van der Waals surface area contributed by atoms with Gasteiger partial charge in [0.05, 0.1) is 12.1 Å². The van der Waals surface area contributed by atoms with Gasteiger partial charge < -0.3 is 15.1 Å². The molecule has 1 unspecified atom stereocenters. The Kier molecular flexibility index (Phi) is 4.67. The van der Waals surface area contributed by atoms with Crippen LogP contribution in [-0.4, -0.2) is 45.1 Å². The van der Waals surface area contributed by atoms with Crippen molar-refractivity contribution in [3.63, 3.8) is 0 Å². The van der Waals surface area contributed by atoms with Crippen molar-refractivity contribution < 1.29 is 14.4 Å². The fourth-order valence-electron chi connectivity index (χ4n) is 3.75. The second-order valence-corrected chi connectivity index (χ2v) is 7.81. The number of anilines is 1. The zero-order valence-electron chi connectivity index (χ0n) is 17.2. The van der Waals surface area contributed by atoms with E-state index in [4.69, 9.17) is 4.84 Å². The van der Waals surface area contributed by atoms with Crippen LogP contribution in [0, 0.1) is 12.8 Å². The van der Waals surface area contributed by atoms with Gasteiger partial charge >= 0.3 is 0 Å². The van der Waals surface area contributed by atoms with E-state index in [2.05, 4.69) is 20.8 Å². The maximum Gasteiger partial charge on any atom is 0.274 e. The third-order valence-electron chi connectivity index (χ3n) is 5.68. The van der Waals surface area contributed by atoms with E-state index in [-0.39, 0.29) is 23.9 Å². The highest BCUT2D eigenvalue weighted by Crippen LogP contribution is 2.28. The zero-order chi connectivity index (χ0) is 21.5. The Morgan fingerprint density at radius 2 is 2.06 bits per heavy atom. The predicted molar refractivity (Wildman–Crippen MR) is 114 cm³/mol. The van der Waals surface area contributed by atoms with Crippen LogP contribution in [-0.2, 0) is 9.63 Å². The number of hydroxylamine groups is 1. The summed E-state index contributed by atoms with van der Waals surface area (Å²) in [7, 11) is 0. The number of rotatable bonds is 4. The summed E-state index contributed by atoms with van der Waals surface area (Å²) in [6.45, 7) is 4.74. The lowest BCUT2D eigenvalue weighted by atomic mass is 10.00. The number of carbonyl (C=O) groups is 2. The quantitative estimate of drug-likeness (QED) is 0.677. The van der Waals surface area contributed by atoms with E-state index in [9.17, 15) is 9.59 Å². The highest BCUT2D eigenvalue weighted by atomic mass is 16.7. The number of benzene rings is 1. The molecule has 0 saturated carbocycles. The van der Waals surface area contributed by atoms with Crippen LogP contribution in [0.2, 0.25) is 0 Å². The van der Waals surface area contributed by atoms with Crippen LogP contribution in [0.1, 0.15) is 34.7 Å². The van der Waals surface area contributed by atoms with E-state index in [0.717, 1.165) is 11.1 Å². The molecule has 5 rings (SSSR count). The summed E-state index contributed by atoms with van der Waals surface area (Å²) in [5, 5.41) is 2.98. The third kappa shape index (κ3) is 3.53. The lowest BCUT2D eigenvalue weighted by Crippen LogP contribution is -2.52. The minimum atomic E-state index is -0.367. The molecule has 31 heavy (non-hydrogen) atoms. The van der Waals surface area contributed by atoms with Gasteiger partial charge in [-0.25, -0.2) is 9.98 Å². The van der Waals surface area contributed by atoms with Gasteiger partial charge in [0.2, 0.25) is 11.8 Å². The van der Waals surface area contributed by atoms with Crippen molar-refractivity contribution >= 4 is 29.0 Å². The largest absolute Gasteiger partial charge is 0.391 e. The molecule has 1 atom stereocenters. The van der Waals surface area contributed by atoms with Crippen LogP contribution in [0.15, 0.2) is 53.8 Å². The number of aliphatic imine (C=N–C) groups is 1. The van der Waals surface area contributed by atoms with Gasteiger partial charge in [0.15, 0.2) is 6.17 Å². The number of amides is 2. The lowest BCUT2D eigenvalue weighted by molar-refractivity contribution is -0.133. The number of hydrogen-bond acceptors (Lipinski definition) is 6. The maximum atomic E-state index is 12.9. The fourth-order valence-corrected chi connectivity index (χ4v) is 3.75. The van der Waals surface area contributed by atoms with Crippen LogP contribution in [0.4, 0.5) is 5.69 Å². The second-order valence-electron chi connectivity index (χ2n) is 7.81. The molecule has 0 spiro atoms. The number of fused-ring (bicyclic) bond motifs is 1. The minimum Gasteiger partial charge on any atom is -0.391 e. The summed E-state index contributed by atoms with van der Waals surface area (Å²) in [6.07, 6.45) is 3.01. The van der Waals surface area contributed by atoms with E-state index in [1.807, 2.05) is 49.5 Å². The fraction of sp³-hybridized carbons (Fsp3) is 0.273. The number of likely N-dealkylation sites (tertiary alicyclic amines) is 1. The van der Waals surface area contributed by atoms with Crippen molar-refractivity contribution in [2.24, 2.45) is 10.9 Å². The van der Waals surface area contributed by atoms with Crippen molar-refractivity contribution in [2.75, 3.05) is 18.4 Å². The first-order valence-electron chi connectivity index (χ1n) is 10.1. The van der Waals surface area contributed by atoms with Gasteiger partial charge in [0.25, 0.3) is 5.91 Å². The minimum absolute atomic E-state index is 0.0595. The SMILES string of the molecule is CC(=O)N1CC(C2=NC(c3ccc(C)c(NC(=O)c4cnc5ccccn45)c3)NO2)C1. The average molecular weight is 418 g/mol. The second kappa shape index (κ2) is 7.51. The Morgan fingerprint density at radius 1 is 1.23 bits per heavy atom. The molecule has 1 aromatic carbocycles. The number of nitrogens with zero attached hydrogens (tertiary/aromatic N) is 4. The first kappa shape index (κ1) is 19.3. The van der Waals surface area contributed by atoms with Crippen LogP contribution in [0.25, 0.3) is 5.65 Å². The predicted octanol–water partition coefficient (Wildman–Crippen LogP) is 2.31. The van der Waals surface area contributed by atoms with E-state index < -0.39 is 0 Å². The molecule has 4 heterocycles. The van der Waals surface area contributed by atoms with Gasteiger partial charge in [0, 0.05) is 31.9 Å². The van der Waals surface area contributed by atoms with Gasteiger partial charge in [-0.05, 0) is 36.2 Å². The molecule has 0 aliphatic carbocycles. The average Bonchev–Trinajstić information content (AvgIpc) is 3.35. The summed E-state index contributed by atoms with van der Waals surface area (Å²) in [5.41, 5.74) is 6.62. The molecule has 2 aliphatic heterocycles. The lowest BCUT2D eigenvalue weighted by Gasteiger charge is -2.37. The smallest absolute Gasteiger partial charge is 0.274 e.